The third kappa shape index (κ3) is 5.85. The van der Waals surface area contributed by atoms with Crippen LogP contribution in [0.25, 0.3) is 0 Å². The van der Waals surface area contributed by atoms with Crippen LogP contribution in [0.1, 0.15) is 26.7 Å². The van der Waals surface area contributed by atoms with Crippen molar-refractivity contribution in [2.45, 2.75) is 32.9 Å². The summed E-state index contributed by atoms with van der Waals surface area (Å²) in [6.07, 6.45) is -2.24. The van der Waals surface area contributed by atoms with Crippen LogP contribution in [0.4, 0.5) is 18.9 Å². The van der Waals surface area contributed by atoms with Gasteiger partial charge in [-0.05, 0) is 18.1 Å². The summed E-state index contributed by atoms with van der Waals surface area (Å²) in [5.74, 6) is 0.751. The Labute approximate surface area is 112 Å². The van der Waals surface area contributed by atoms with Crippen LogP contribution in [0.2, 0.25) is 0 Å². The molecule has 1 N–H and O–H groups in total. The number of hydrogen-bond acceptors (Lipinski definition) is 2. The second kappa shape index (κ2) is 7.26. The summed E-state index contributed by atoms with van der Waals surface area (Å²) >= 11 is 0. The Hall–Kier alpha value is -1.39. The van der Waals surface area contributed by atoms with Crippen molar-refractivity contribution in [3.8, 4) is 5.75 Å². The molecular weight excluding hydrogens is 255 g/mol. The van der Waals surface area contributed by atoms with Crippen molar-refractivity contribution in [3.63, 3.8) is 0 Å². The summed E-state index contributed by atoms with van der Waals surface area (Å²) in [4.78, 5) is 0. The summed E-state index contributed by atoms with van der Waals surface area (Å²) in [6, 6.07) is 6.71. The minimum atomic E-state index is -4.32. The van der Waals surface area contributed by atoms with Crippen LogP contribution < -0.4 is 10.1 Å². The Kier molecular flexibility index (Phi) is 5.99. The molecule has 0 amide bonds. The Morgan fingerprint density at radius 3 is 2.37 bits per heavy atom. The van der Waals surface area contributed by atoms with Gasteiger partial charge in [-0.2, -0.15) is 13.2 Å². The molecule has 5 heteroatoms. The van der Waals surface area contributed by atoms with Crippen LogP contribution >= 0.6 is 0 Å². The molecule has 0 aliphatic heterocycles. The molecule has 1 aromatic carbocycles. The molecule has 0 unspecified atom stereocenters. The zero-order chi connectivity index (χ0) is 14.3. The van der Waals surface area contributed by atoms with E-state index in [1.54, 1.807) is 24.3 Å². The van der Waals surface area contributed by atoms with Gasteiger partial charge in [0.05, 0.1) is 5.69 Å². The number of rotatable bonds is 7. The van der Waals surface area contributed by atoms with Gasteiger partial charge in [-0.3, -0.25) is 0 Å². The quantitative estimate of drug-likeness (QED) is 0.792. The minimum absolute atomic E-state index is 0.241. The average Bonchev–Trinajstić information content (AvgIpc) is 2.38. The Morgan fingerprint density at radius 2 is 1.79 bits per heavy atom. The summed E-state index contributed by atoms with van der Waals surface area (Å²) in [5.41, 5.74) is 0.610. The molecule has 0 aliphatic rings. The van der Waals surface area contributed by atoms with Gasteiger partial charge in [0.25, 0.3) is 0 Å². The van der Waals surface area contributed by atoms with Crippen molar-refractivity contribution in [2.75, 3.05) is 18.5 Å². The highest BCUT2D eigenvalue weighted by Crippen LogP contribution is 2.26. The Morgan fingerprint density at radius 1 is 1.16 bits per heavy atom. The van der Waals surface area contributed by atoms with Crippen molar-refractivity contribution >= 4 is 5.69 Å². The van der Waals surface area contributed by atoms with E-state index in [4.69, 9.17) is 4.74 Å². The summed E-state index contributed by atoms with van der Waals surface area (Å²) in [6.45, 7) is 3.67. The van der Waals surface area contributed by atoms with Gasteiger partial charge in [0.2, 0.25) is 0 Å². The Balaban J connectivity index is 2.62. The SMILES string of the molecule is CCC(CC)CNc1ccccc1OCC(F)(F)F. The highest BCUT2D eigenvalue weighted by Gasteiger charge is 2.28. The number of nitrogens with one attached hydrogen (secondary N) is 1. The number of anilines is 1. The van der Waals surface area contributed by atoms with Crippen LogP contribution in [0.15, 0.2) is 24.3 Å². The first kappa shape index (κ1) is 15.7. The number of halogens is 3. The number of hydrogen-bond donors (Lipinski definition) is 1. The molecule has 0 spiro atoms. The monoisotopic (exact) mass is 275 g/mol. The van der Waals surface area contributed by atoms with Gasteiger partial charge in [-0.1, -0.05) is 38.8 Å². The zero-order valence-corrected chi connectivity index (χ0v) is 11.3. The largest absolute Gasteiger partial charge is 0.482 e. The molecule has 1 aromatic rings. The van der Waals surface area contributed by atoms with Gasteiger partial charge in [-0.25, -0.2) is 0 Å². The number of para-hydroxylation sites is 2. The fraction of sp³-hybridized carbons (Fsp3) is 0.571. The standard InChI is InChI=1S/C14H20F3NO/c1-3-11(4-2)9-18-12-7-5-6-8-13(12)19-10-14(15,16)17/h5-8,11,18H,3-4,9-10H2,1-2H3. The molecule has 0 heterocycles. The molecular formula is C14H20F3NO. The molecule has 0 saturated carbocycles. The van der Waals surface area contributed by atoms with Gasteiger partial charge in [-0.15, -0.1) is 0 Å². The van der Waals surface area contributed by atoms with E-state index in [1.165, 1.54) is 0 Å². The fourth-order valence-electron chi connectivity index (χ4n) is 1.73. The maximum atomic E-state index is 12.2. The number of benzene rings is 1. The minimum Gasteiger partial charge on any atom is -0.482 e. The molecule has 108 valence electrons. The molecule has 0 radical (unpaired) electrons. The second-order valence-electron chi connectivity index (χ2n) is 4.46. The van der Waals surface area contributed by atoms with Crippen LogP contribution in [-0.2, 0) is 0 Å². The van der Waals surface area contributed by atoms with Crippen molar-refractivity contribution in [1.82, 2.24) is 0 Å². The van der Waals surface area contributed by atoms with Crippen LogP contribution in [0.3, 0.4) is 0 Å². The van der Waals surface area contributed by atoms with E-state index in [0.717, 1.165) is 19.4 Å². The maximum Gasteiger partial charge on any atom is 0.422 e. The Bertz CT molecular complexity index is 375. The highest BCUT2D eigenvalue weighted by atomic mass is 19.4. The van der Waals surface area contributed by atoms with E-state index in [9.17, 15) is 13.2 Å². The van der Waals surface area contributed by atoms with E-state index >= 15 is 0 Å². The lowest BCUT2D eigenvalue weighted by Crippen LogP contribution is -2.20. The molecule has 0 aliphatic carbocycles. The molecule has 0 atom stereocenters. The van der Waals surface area contributed by atoms with Crippen molar-refractivity contribution in [2.24, 2.45) is 5.92 Å². The summed E-state index contributed by atoms with van der Waals surface area (Å²) < 4.78 is 41.3. The third-order valence-electron chi connectivity index (χ3n) is 3.01. The van der Waals surface area contributed by atoms with Crippen molar-refractivity contribution in [3.05, 3.63) is 24.3 Å². The van der Waals surface area contributed by atoms with Crippen LogP contribution in [0, 0.1) is 5.92 Å². The lowest BCUT2D eigenvalue weighted by Gasteiger charge is -2.17. The first-order chi connectivity index (χ1) is 8.96. The second-order valence-corrected chi connectivity index (χ2v) is 4.46. The van der Waals surface area contributed by atoms with E-state index in [1.807, 2.05) is 0 Å². The first-order valence-corrected chi connectivity index (χ1v) is 6.48. The molecule has 0 aromatic heterocycles. The lowest BCUT2D eigenvalue weighted by atomic mass is 10.0. The topological polar surface area (TPSA) is 21.3 Å². The summed E-state index contributed by atoms with van der Waals surface area (Å²) in [7, 11) is 0. The lowest BCUT2D eigenvalue weighted by molar-refractivity contribution is -0.153. The zero-order valence-electron chi connectivity index (χ0n) is 11.3. The fourth-order valence-corrected chi connectivity index (χ4v) is 1.73. The predicted octanol–water partition coefficient (Wildman–Crippen LogP) is 4.48. The van der Waals surface area contributed by atoms with Gasteiger partial charge in [0.15, 0.2) is 6.61 Å². The van der Waals surface area contributed by atoms with Gasteiger partial charge < -0.3 is 10.1 Å². The van der Waals surface area contributed by atoms with E-state index < -0.39 is 12.8 Å². The molecule has 0 bridgehead atoms. The molecule has 0 fully saturated rings. The number of ether oxygens (including phenoxy) is 1. The highest BCUT2D eigenvalue weighted by molar-refractivity contribution is 5.56. The van der Waals surface area contributed by atoms with Crippen LogP contribution in [-0.4, -0.2) is 19.3 Å². The molecule has 1 rings (SSSR count). The molecule has 19 heavy (non-hydrogen) atoms. The first-order valence-electron chi connectivity index (χ1n) is 6.48. The maximum absolute atomic E-state index is 12.2. The predicted molar refractivity (Wildman–Crippen MR) is 70.6 cm³/mol. The molecule has 2 nitrogen and oxygen atoms in total. The number of alkyl halides is 3. The normalized spacial score (nSPS) is 11.7. The smallest absolute Gasteiger partial charge is 0.422 e. The third-order valence-corrected chi connectivity index (χ3v) is 3.01. The van der Waals surface area contributed by atoms with Gasteiger partial charge in [0.1, 0.15) is 5.75 Å². The van der Waals surface area contributed by atoms with Crippen molar-refractivity contribution < 1.29 is 17.9 Å². The van der Waals surface area contributed by atoms with Crippen LogP contribution in [0.5, 0.6) is 5.75 Å². The van der Waals surface area contributed by atoms with Gasteiger partial charge in [0, 0.05) is 6.54 Å². The molecule has 0 saturated heterocycles. The average molecular weight is 275 g/mol. The van der Waals surface area contributed by atoms with Crippen molar-refractivity contribution in [1.29, 1.82) is 0 Å². The van der Waals surface area contributed by atoms with Gasteiger partial charge >= 0.3 is 6.18 Å². The van der Waals surface area contributed by atoms with E-state index in [0.29, 0.717) is 11.6 Å². The summed E-state index contributed by atoms with van der Waals surface area (Å²) in [5, 5.41) is 3.16. The van der Waals surface area contributed by atoms with E-state index in [-0.39, 0.29) is 5.75 Å². The van der Waals surface area contributed by atoms with E-state index in [2.05, 4.69) is 19.2 Å².